The maximum atomic E-state index is 12.8. The number of ether oxygens (including phenoxy) is 1. The SMILES string of the molecule is COC(=O)c1sccc1S(=O)(=O)NC1CCC(Nc2ccnc3cc(Cl)ccc23)CC1. The van der Waals surface area contributed by atoms with E-state index in [1.54, 1.807) is 11.6 Å². The molecule has 0 spiro atoms. The van der Waals surface area contributed by atoms with Crippen molar-refractivity contribution in [1.82, 2.24) is 9.71 Å². The normalized spacial score (nSPS) is 19.3. The number of pyridine rings is 1. The summed E-state index contributed by atoms with van der Waals surface area (Å²) in [6, 6.07) is 9.06. The van der Waals surface area contributed by atoms with Gasteiger partial charge in [0.05, 0.1) is 12.6 Å². The van der Waals surface area contributed by atoms with E-state index in [-0.39, 0.29) is 21.9 Å². The molecule has 7 nitrogen and oxygen atoms in total. The first-order chi connectivity index (χ1) is 14.9. The minimum Gasteiger partial charge on any atom is -0.465 e. The third-order valence-electron chi connectivity index (χ3n) is 5.40. The number of carbonyl (C=O) groups is 1. The Hall–Kier alpha value is -2.20. The number of hydrogen-bond donors (Lipinski definition) is 2. The van der Waals surface area contributed by atoms with Gasteiger partial charge in [0, 0.05) is 34.4 Å². The molecule has 0 aliphatic heterocycles. The number of anilines is 1. The van der Waals surface area contributed by atoms with Gasteiger partial charge in [-0.05, 0) is 61.4 Å². The van der Waals surface area contributed by atoms with Crippen LogP contribution >= 0.6 is 22.9 Å². The van der Waals surface area contributed by atoms with Crippen LogP contribution in [0.3, 0.4) is 0 Å². The fourth-order valence-corrected chi connectivity index (χ4v) is 6.66. The van der Waals surface area contributed by atoms with Gasteiger partial charge in [0.1, 0.15) is 9.77 Å². The lowest BCUT2D eigenvalue weighted by molar-refractivity contribution is 0.0602. The lowest BCUT2D eigenvalue weighted by atomic mass is 9.91. The van der Waals surface area contributed by atoms with E-state index in [1.165, 1.54) is 13.2 Å². The topological polar surface area (TPSA) is 97.4 Å². The van der Waals surface area contributed by atoms with E-state index in [9.17, 15) is 13.2 Å². The van der Waals surface area contributed by atoms with E-state index < -0.39 is 16.0 Å². The summed E-state index contributed by atoms with van der Waals surface area (Å²) in [4.78, 5) is 16.3. The number of sulfonamides is 1. The predicted molar refractivity (Wildman–Crippen MR) is 122 cm³/mol. The smallest absolute Gasteiger partial charge is 0.349 e. The maximum Gasteiger partial charge on any atom is 0.349 e. The third-order valence-corrected chi connectivity index (χ3v) is 8.22. The first-order valence-electron chi connectivity index (χ1n) is 9.86. The van der Waals surface area contributed by atoms with Crippen LogP contribution in [-0.4, -0.2) is 38.6 Å². The van der Waals surface area contributed by atoms with Gasteiger partial charge in [-0.1, -0.05) is 11.6 Å². The van der Waals surface area contributed by atoms with Crippen molar-refractivity contribution >= 4 is 55.5 Å². The Morgan fingerprint density at radius 1 is 1.16 bits per heavy atom. The highest BCUT2D eigenvalue weighted by Crippen LogP contribution is 2.29. The molecule has 0 atom stereocenters. The van der Waals surface area contributed by atoms with Crippen molar-refractivity contribution in [1.29, 1.82) is 0 Å². The summed E-state index contributed by atoms with van der Waals surface area (Å²) in [5, 5.41) is 6.79. The number of halogens is 1. The van der Waals surface area contributed by atoms with E-state index in [0.717, 1.165) is 40.8 Å². The van der Waals surface area contributed by atoms with Gasteiger partial charge in [-0.25, -0.2) is 17.9 Å². The molecule has 0 saturated heterocycles. The molecule has 2 aromatic heterocycles. The number of esters is 1. The summed E-state index contributed by atoms with van der Waals surface area (Å²) >= 11 is 7.12. The Balaban J connectivity index is 1.39. The van der Waals surface area contributed by atoms with Crippen LogP contribution in [0, 0.1) is 0 Å². The van der Waals surface area contributed by atoms with Gasteiger partial charge < -0.3 is 10.1 Å². The van der Waals surface area contributed by atoms with Gasteiger partial charge in [0.2, 0.25) is 10.0 Å². The van der Waals surface area contributed by atoms with Crippen LogP contribution in [0.4, 0.5) is 5.69 Å². The fourth-order valence-electron chi connectivity index (χ4n) is 3.86. The van der Waals surface area contributed by atoms with Gasteiger partial charge in [0.15, 0.2) is 0 Å². The molecule has 2 heterocycles. The number of methoxy groups -OCH3 is 1. The number of thiophene rings is 1. The van der Waals surface area contributed by atoms with E-state index in [2.05, 4.69) is 19.8 Å². The largest absolute Gasteiger partial charge is 0.465 e. The first-order valence-corrected chi connectivity index (χ1v) is 12.6. The Kier molecular flexibility index (Phi) is 6.47. The van der Waals surface area contributed by atoms with Crippen LogP contribution in [0.5, 0.6) is 0 Å². The van der Waals surface area contributed by atoms with Crippen molar-refractivity contribution in [2.45, 2.75) is 42.7 Å². The van der Waals surface area contributed by atoms with Crippen molar-refractivity contribution in [2.75, 3.05) is 12.4 Å². The number of aromatic nitrogens is 1. The van der Waals surface area contributed by atoms with Crippen molar-refractivity contribution in [2.24, 2.45) is 0 Å². The van der Waals surface area contributed by atoms with Gasteiger partial charge in [-0.15, -0.1) is 11.3 Å². The van der Waals surface area contributed by atoms with Crippen LogP contribution in [0.25, 0.3) is 10.9 Å². The second-order valence-electron chi connectivity index (χ2n) is 7.44. The molecule has 1 aromatic carbocycles. The summed E-state index contributed by atoms with van der Waals surface area (Å²) in [6.45, 7) is 0. The van der Waals surface area contributed by atoms with Crippen molar-refractivity contribution < 1.29 is 17.9 Å². The average Bonchev–Trinajstić information content (AvgIpc) is 3.25. The molecule has 4 rings (SSSR count). The lowest BCUT2D eigenvalue weighted by Gasteiger charge is -2.30. The highest BCUT2D eigenvalue weighted by Gasteiger charge is 2.29. The predicted octanol–water partition coefficient (Wildman–Crippen LogP) is 4.44. The van der Waals surface area contributed by atoms with Crippen molar-refractivity contribution in [3.63, 3.8) is 0 Å². The number of nitrogens with one attached hydrogen (secondary N) is 2. The number of benzene rings is 1. The fraction of sp³-hybridized carbons (Fsp3) is 0.333. The Bertz CT molecular complexity index is 1200. The number of nitrogens with zero attached hydrogens (tertiary/aromatic N) is 1. The highest BCUT2D eigenvalue weighted by molar-refractivity contribution is 7.89. The third kappa shape index (κ3) is 4.85. The molecular weight excluding hydrogens is 458 g/mol. The monoisotopic (exact) mass is 479 g/mol. The number of fused-ring (bicyclic) bond motifs is 1. The second kappa shape index (κ2) is 9.12. The molecule has 10 heteroatoms. The van der Waals surface area contributed by atoms with Gasteiger partial charge in [0.25, 0.3) is 0 Å². The number of carbonyl (C=O) groups excluding carboxylic acids is 1. The Labute approximate surface area is 189 Å². The van der Waals surface area contributed by atoms with Crippen molar-refractivity contribution in [3.05, 3.63) is 51.8 Å². The number of hydrogen-bond acceptors (Lipinski definition) is 7. The standard InChI is InChI=1S/C21H22ClN3O4S2/c1-29-21(26)20-19(9-11-30-20)31(27,28)25-15-5-3-14(4-6-15)24-17-8-10-23-18-12-13(22)2-7-16(17)18/h2,7-12,14-15,25H,3-6H2,1H3,(H,23,24). The van der Waals surface area contributed by atoms with Crippen LogP contribution in [0.2, 0.25) is 5.02 Å². The molecule has 164 valence electrons. The number of rotatable bonds is 6. The summed E-state index contributed by atoms with van der Waals surface area (Å²) in [6.07, 6.45) is 4.78. The van der Waals surface area contributed by atoms with Crippen LogP contribution < -0.4 is 10.0 Å². The molecule has 1 aliphatic rings. The van der Waals surface area contributed by atoms with Gasteiger partial charge in [-0.2, -0.15) is 0 Å². The summed E-state index contributed by atoms with van der Waals surface area (Å²) in [5.74, 6) is -0.644. The first kappa shape index (κ1) is 22.0. The van der Waals surface area contributed by atoms with Crippen LogP contribution in [0.1, 0.15) is 35.4 Å². The molecule has 31 heavy (non-hydrogen) atoms. The van der Waals surface area contributed by atoms with E-state index in [1.807, 2.05) is 24.3 Å². The molecule has 0 radical (unpaired) electrons. The summed E-state index contributed by atoms with van der Waals surface area (Å²) in [5.41, 5.74) is 1.82. The zero-order chi connectivity index (χ0) is 22.0. The highest BCUT2D eigenvalue weighted by atomic mass is 35.5. The zero-order valence-corrected chi connectivity index (χ0v) is 19.2. The second-order valence-corrected chi connectivity index (χ2v) is 10.5. The molecule has 2 N–H and O–H groups in total. The molecule has 3 aromatic rings. The Morgan fingerprint density at radius 2 is 1.90 bits per heavy atom. The van der Waals surface area contributed by atoms with Crippen molar-refractivity contribution in [3.8, 4) is 0 Å². The van der Waals surface area contributed by atoms with Crippen LogP contribution in [-0.2, 0) is 14.8 Å². The molecule has 0 bridgehead atoms. The molecule has 1 aliphatic carbocycles. The zero-order valence-electron chi connectivity index (χ0n) is 16.8. The molecule has 0 unspecified atom stereocenters. The Morgan fingerprint density at radius 3 is 2.65 bits per heavy atom. The van der Waals surface area contributed by atoms with Gasteiger partial charge >= 0.3 is 5.97 Å². The van der Waals surface area contributed by atoms with E-state index in [4.69, 9.17) is 11.6 Å². The van der Waals surface area contributed by atoms with E-state index in [0.29, 0.717) is 17.9 Å². The minimum atomic E-state index is -3.79. The molecular formula is C21H22ClN3O4S2. The summed E-state index contributed by atoms with van der Waals surface area (Å²) < 4.78 is 33.1. The molecule has 1 fully saturated rings. The summed E-state index contributed by atoms with van der Waals surface area (Å²) in [7, 11) is -2.56. The molecule has 1 saturated carbocycles. The average molecular weight is 480 g/mol. The van der Waals surface area contributed by atoms with Crippen LogP contribution in [0.15, 0.2) is 46.8 Å². The van der Waals surface area contributed by atoms with E-state index >= 15 is 0 Å². The minimum absolute atomic E-state index is 0.0217. The molecule has 0 amide bonds. The lowest BCUT2D eigenvalue weighted by Crippen LogP contribution is -2.40. The maximum absolute atomic E-state index is 12.8. The quantitative estimate of drug-likeness (QED) is 0.507. The van der Waals surface area contributed by atoms with Gasteiger partial charge in [-0.3, -0.25) is 4.98 Å².